The van der Waals surface area contributed by atoms with Crippen molar-refractivity contribution in [2.45, 2.75) is 29.9 Å². The number of hydrogen-bond acceptors (Lipinski definition) is 5. The number of amidine groups is 1. The molecular weight excluding hydrogens is 647 g/mol. The molecule has 0 radical (unpaired) electrons. The first-order valence-corrected chi connectivity index (χ1v) is 13.8. The van der Waals surface area contributed by atoms with Crippen molar-refractivity contribution in [3.8, 4) is 10.6 Å². The molecule has 1 aromatic carbocycles. The second kappa shape index (κ2) is 9.73. The molecular formula is C24H17Br2F5N4OS. The fourth-order valence-corrected chi connectivity index (χ4v) is 6.25. The number of piperidine rings is 1. The zero-order valence-corrected chi connectivity index (χ0v) is 22.8. The number of nitrogens with zero attached hydrogens (tertiary/aromatic N) is 3. The maximum atomic E-state index is 14.5. The second-order valence-electron chi connectivity index (χ2n) is 8.65. The van der Waals surface area contributed by atoms with Gasteiger partial charge in [-0.05, 0) is 49.2 Å². The first kappa shape index (κ1) is 26.2. The Morgan fingerprint density at radius 3 is 2.46 bits per heavy atom. The van der Waals surface area contributed by atoms with E-state index >= 15 is 0 Å². The third kappa shape index (κ3) is 4.92. The number of anilines is 1. The standard InChI is InChI=1S/C24H17Br2F5N4OS/c25-11-14-15(27)9-12(26)10-16(14)35-7-5-23(6-8-35)22(36)33-21(34-23)13-1-3-18(24(29,30)31)32-20(13)17-2-4-19(28)37-17/h1-4,9-10H,5-8,11H2,(H,33,34,36). The van der Waals surface area contributed by atoms with Crippen molar-refractivity contribution >= 4 is 60.6 Å². The van der Waals surface area contributed by atoms with Crippen molar-refractivity contribution in [1.29, 1.82) is 0 Å². The minimum atomic E-state index is -4.70. The lowest BCUT2D eigenvalue weighted by atomic mass is 9.87. The van der Waals surface area contributed by atoms with Gasteiger partial charge in [-0.1, -0.05) is 31.9 Å². The highest BCUT2D eigenvalue weighted by molar-refractivity contribution is 9.10. The summed E-state index contributed by atoms with van der Waals surface area (Å²) in [5.74, 6) is -0.627. The molecule has 0 unspecified atom stereocenters. The highest BCUT2D eigenvalue weighted by Crippen LogP contribution is 2.39. The highest BCUT2D eigenvalue weighted by atomic mass is 79.9. The molecule has 1 saturated heterocycles. The Kier molecular flexibility index (Phi) is 6.90. The molecule has 0 atom stereocenters. The normalized spacial score (nSPS) is 17.3. The third-order valence-electron chi connectivity index (χ3n) is 6.43. The summed E-state index contributed by atoms with van der Waals surface area (Å²) < 4.78 is 68.9. The van der Waals surface area contributed by atoms with Gasteiger partial charge in [0.1, 0.15) is 22.9 Å². The van der Waals surface area contributed by atoms with Crippen LogP contribution in [0, 0.1) is 10.9 Å². The number of alkyl halides is 4. The zero-order chi connectivity index (χ0) is 26.5. The molecule has 194 valence electrons. The fraction of sp³-hybridized carbons (Fsp3) is 0.292. The molecule has 1 N–H and O–H groups in total. The van der Waals surface area contributed by atoms with Crippen LogP contribution in [0.1, 0.15) is 29.7 Å². The van der Waals surface area contributed by atoms with E-state index in [1.807, 2.05) is 11.0 Å². The Labute approximate surface area is 229 Å². The predicted octanol–water partition coefficient (Wildman–Crippen LogP) is 6.68. The van der Waals surface area contributed by atoms with Crippen LogP contribution in [-0.4, -0.2) is 35.4 Å². The van der Waals surface area contributed by atoms with Crippen molar-refractivity contribution < 1.29 is 26.7 Å². The molecule has 4 heterocycles. The average molecular weight is 664 g/mol. The van der Waals surface area contributed by atoms with Crippen LogP contribution in [0.4, 0.5) is 27.6 Å². The molecule has 5 rings (SSSR count). The molecule has 0 aliphatic carbocycles. The van der Waals surface area contributed by atoms with Crippen LogP contribution in [0.5, 0.6) is 0 Å². The van der Waals surface area contributed by atoms with Crippen molar-refractivity contribution in [3.05, 3.63) is 68.6 Å². The van der Waals surface area contributed by atoms with Gasteiger partial charge in [-0.15, -0.1) is 11.3 Å². The Hall–Kier alpha value is -2.38. The second-order valence-corrected chi connectivity index (χ2v) is 11.2. The molecule has 1 fully saturated rings. The lowest BCUT2D eigenvalue weighted by Crippen LogP contribution is -2.49. The van der Waals surface area contributed by atoms with E-state index in [2.05, 4.69) is 47.2 Å². The van der Waals surface area contributed by atoms with Crippen LogP contribution in [0.2, 0.25) is 0 Å². The number of halogens is 7. The number of hydrogen-bond donors (Lipinski definition) is 1. The van der Waals surface area contributed by atoms with Crippen LogP contribution >= 0.6 is 43.2 Å². The quantitative estimate of drug-likeness (QED) is 0.250. The number of carbonyl (C=O) groups excluding carboxylic acids is 1. The van der Waals surface area contributed by atoms with Crippen molar-refractivity contribution in [2.75, 3.05) is 18.0 Å². The number of amides is 1. The van der Waals surface area contributed by atoms with E-state index in [4.69, 9.17) is 0 Å². The summed E-state index contributed by atoms with van der Waals surface area (Å²) in [6.45, 7) is 0.822. The molecule has 13 heteroatoms. The largest absolute Gasteiger partial charge is 0.433 e. The summed E-state index contributed by atoms with van der Waals surface area (Å²) in [7, 11) is 0. The van der Waals surface area contributed by atoms with Gasteiger partial charge >= 0.3 is 6.18 Å². The fourth-order valence-electron chi connectivity index (χ4n) is 4.54. The third-order valence-corrected chi connectivity index (χ3v) is 8.33. The maximum absolute atomic E-state index is 14.5. The van der Waals surface area contributed by atoms with Crippen molar-refractivity contribution in [2.24, 2.45) is 4.99 Å². The number of aliphatic imine (C=N–C) groups is 1. The van der Waals surface area contributed by atoms with E-state index in [1.54, 1.807) is 0 Å². The molecule has 2 aliphatic rings. The first-order valence-electron chi connectivity index (χ1n) is 11.1. The van der Waals surface area contributed by atoms with Crippen molar-refractivity contribution in [3.63, 3.8) is 0 Å². The van der Waals surface area contributed by atoms with E-state index in [0.29, 0.717) is 58.3 Å². The minimum absolute atomic E-state index is 0.0955. The number of benzene rings is 1. The van der Waals surface area contributed by atoms with Crippen LogP contribution < -0.4 is 10.2 Å². The summed E-state index contributed by atoms with van der Waals surface area (Å²) in [6, 6.07) is 7.71. The van der Waals surface area contributed by atoms with Gasteiger partial charge in [0.15, 0.2) is 5.13 Å². The minimum Gasteiger partial charge on any atom is -0.371 e. The van der Waals surface area contributed by atoms with Gasteiger partial charge in [-0.3, -0.25) is 9.79 Å². The number of carbonyl (C=O) groups is 1. The topological polar surface area (TPSA) is 57.6 Å². The Bertz CT molecular complexity index is 1420. The number of pyridine rings is 1. The van der Waals surface area contributed by atoms with E-state index in [1.165, 1.54) is 18.2 Å². The molecule has 2 aromatic heterocycles. The van der Waals surface area contributed by atoms with E-state index < -0.39 is 22.5 Å². The molecule has 0 bridgehead atoms. The number of thiophene rings is 1. The molecule has 0 saturated carbocycles. The van der Waals surface area contributed by atoms with E-state index in [9.17, 15) is 26.7 Å². The van der Waals surface area contributed by atoms with Gasteiger partial charge in [0, 0.05) is 39.7 Å². The predicted molar refractivity (Wildman–Crippen MR) is 138 cm³/mol. The number of aromatic nitrogens is 1. The van der Waals surface area contributed by atoms with Gasteiger partial charge in [0.2, 0.25) is 0 Å². The summed E-state index contributed by atoms with van der Waals surface area (Å²) in [5.41, 5.74) is -0.970. The molecule has 1 amide bonds. The van der Waals surface area contributed by atoms with Crippen LogP contribution in [-0.2, 0) is 16.3 Å². The lowest BCUT2D eigenvalue weighted by Gasteiger charge is -2.37. The summed E-state index contributed by atoms with van der Waals surface area (Å²) >= 11 is 7.31. The summed E-state index contributed by atoms with van der Waals surface area (Å²) in [4.78, 5) is 23.7. The molecule has 5 nitrogen and oxygen atoms in total. The molecule has 3 aromatic rings. The Morgan fingerprint density at radius 2 is 1.84 bits per heavy atom. The lowest BCUT2D eigenvalue weighted by molar-refractivity contribution is -0.141. The Morgan fingerprint density at radius 1 is 1.11 bits per heavy atom. The van der Waals surface area contributed by atoms with Crippen LogP contribution in [0.15, 0.2) is 45.9 Å². The summed E-state index contributed by atoms with van der Waals surface area (Å²) in [5, 5.41) is 2.45. The zero-order valence-electron chi connectivity index (χ0n) is 18.8. The average Bonchev–Trinajstić information content (AvgIpc) is 3.41. The molecule has 1 spiro atoms. The Balaban J connectivity index is 1.47. The highest BCUT2D eigenvalue weighted by Gasteiger charge is 2.47. The van der Waals surface area contributed by atoms with E-state index in [0.717, 1.165) is 12.1 Å². The monoisotopic (exact) mass is 662 g/mol. The van der Waals surface area contributed by atoms with Gasteiger partial charge < -0.3 is 10.2 Å². The van der Waals surface area contributed by atoms with E-state index in [-0.39, 0.29) is 33.7 Å². The van der Waals surface area contributed by atoms with Gasteiger partial charge in [0.05, 0.1) is 10.6 Å². The van der Waals surface area contributed by atoms with Gasteiger partial charge in [-0.25, -0.2) is 9.37 Å². The van der Waals surface area contributed by atoms with Gasteiger partial charge in [0.25, 0.3) is 5.91 Å². The molecule has 2 aliphatic heterocycles. The molecule has 37 heavy (non-hydrogen) atoms. The van der Waals surface area contributed by atoms with Crippen molar-refractivity contribution in [1.82, 2.24) is 10.3 Å². The smallest absolute Gasteiger partial charge is 0.371 e. The first-order chi connectivity index (χ1) is 17.5. The van der Waals surface area contributed by atoms with Gasteiger partial charge in [-0.2, -0.15) is 17.6 Å². The van der Waals surface area contributed by atoms with Crippen LogP contribution in [0.25, 0.3) is 10.6 Å². The summed E-state index contributed by atoms with van der Waals surface area (Å²) in [6.07, 6.45) is -4.07. The number of rotatable bonds is 4. The maximum Gasteiger partial charge on any atom is 0.433 e. The number of nitrogens with one attached hydrogen (secondary N) is 1. The van der Waals surface area contributed by atoms with Crippen LogP contribution in [0.3, 0.4) is 0 Å². The SMILES string of the molecule is O=C1NC(c2ccc(C(F)(F)F)nc2-c2ccc(F)s2)=NC12CCN(c1cc(Br)cc(F)c1CBr)CC2.